The van der Waals surface area contributed by atoms with E-state index in [4.69, 9.17) is 0 Å². The van der Waals surface area contributed by atoms with Crippen molar-refractivity contribution in [2.24, 2.45) is 0 Å². The van der Waals surface area contributed by atoms with Gasteiger partial charge in [-0.15, -0.1) is 0 Å². The second-order valence-electron chi connectivity index (χ2n) is 5.60. The van der Waals surface area contributed by atoms with Crippen LogP contribution in [-0.4, -0.2) is 4.98 Å². The largest absolute Gasteiger partial charge is 0.322 e. The maximum Gasteiger partial charge on any atom is 0.252 e. The SMILES string of the molecule is Cc1ccc2c3c(c(=O)[nH]c2c1)C(C)c1ccccc1-3. The van der Waals surface area contributed by atoms with E-state index in [1.807, 2.05) is 25.1 Å². The molecule has 0 amide bonds. The molecular formula is C18H15NO. The van der Waals surface area contributed by atoms with E-state index in [0.717, 1.165) is 27.6 Å². The van der Waals surface area contributed by atoms with Crippen LogP contribution < -0.4 is 5.56 Å². The minimum atomic E-state index is 0.0433. The zero-order chi connectivity index (χ0) is 13.9. The first kappa shape index (κ1) is 11.5. The monoisotopic (exact) mass is 261 g/mol. The van der Waals surface area contributed by atoms with Gasteiger partial charge >= 0.3 is 0 Å². The summed E-state index contributed by atoms with van der Waals surface area (Å²) < 4.78 is 0. The summed E-state index contributed by atoms with van der Waals surface area (Å²) in [6, 6.07) is 14.6. The van der Waals surface area contributed by atoms with Gasteiger partial charge in [0.25, 0.3) is 5.56 Å². The molecule has 1 unspecified atom stereocenters. The van der Waals surface area contributed by atoms with E-state index in [9.17, 15) is 4.79 Å². The predicted molar refractivity (Wildman–Crippen MR) is 82.3 cm³/mol. The molecule has 1 N–H and O–H groups in total. The number of pyridine rings is 1. The summed E-state index contributed by atoms with van der Waals surface area (Å²) in [5.41, 5.74) is 6.61. The van der Waals surface area contributed by atoms with Crippen molar-refractivity contribution in [1.82, 2.24) is 4.98 Å². The Morgan fingerprint density at radius 3 is 2.75 bits per heavy atom. The number of hydrogen-bond donors (Lipinski definition) is 1. The van der Waals surface area contributed by atoms with E-state index in [0.29, 0.717) is 0 Å². The zero-order valence-electron chi connectivity index (χ0n) is 11.5. The van der Waals surface area contributed by atoms with Gasteiger partial charge < -0.3 is 4.98 Å². The number of rotatable bonds is 0. The van der Waals surface area contributed by atoms with Crippen LogP contribution in [0.2, 0.25) is 0 Å². The van der Waals surface area contributed by atoms with Gasteiger partial charge in [-0.05, 0) is 29.7 Å². The molecule has 0 spiro atoms. The van der Waals surface area contributed by atoms with Crippen LogP contribution in [-0.2, 0) is 0 Å². The fraction of sp³-hybridized carbons (Fsp3) is 0.167. The maximum atomic E-state index is 12.5. The van der Waals surface area contributed by atoms with Crippen LogP contribution in [0.3, 0.4) is 0 Å². The minimum absolute atomic E-state index is 0.0433. The topological polar surface area (TPSA) is 32.9 Å². The maximum absolute atomic E-state index is 12.5. The molecule has 3 aromatic rings. The highest BCUT2D eigenvalue weighted by Crippen LogP contribution is 2.45. The standard InChI is InChI=1S/C18H15NO/c1-10-7-8-14-15(9-10)19-18(20)16-11(2)12-5-3-4-6-13(12)17(14)16/h3-9,11H,1-2H3,(H,19,20). The average molecular weight is 261 g/mol. The van der Waals surface area contributed by atoms with Gasteiger partial charge in [0.2, 0.25) is 0 Å². The number of aryl methyl sites for hydroxylation is 1. The van der Waals surface area contributed by atoms with Crippen LogP contribution >= 0.6 is 0 Å². The van der Waals surface area contributed by atoms with Crippen LogP contribution in [0.4, 0.5) is 0 Å². The van der Waals surface area contributed by atoms with E-state index >= 15 is 0 Å². The van der Waals surface area contributed by atoms with Gasteiger partial charge in [0.15, 0.2) is 0 Å². The third kappa shape index (κ3) is 1.36. The molecule has 0 saturated carbocycles. The number of H-pyrrole nitrogens is 1. The highest BCUT2D eigenvalue weighted by Gasteiger charge is 2.29. The van der Waals surface area contributed by atoms with Crippen molar-refractivity contribution in [2.45, 2.75) is 19.8 Å². The van der Waals surface area contributed by atoms with Gasteiger partial charge in [0.1, 0.15) is 0 Å². The summed E-state index contributed by atoms with van der Waals surface area (Å²) in [5, 5.41) is 1.14. The quantitative estimate of drug-likeness (QED) is 0.652. The van der Waals surface area contributed by atoms with Crippen LogP contribution in [0, 0.1) is 6.92 Å². The first-order valence-electron chi connectivity index (χ1n) is 6.92. The Morgan fingerprint density at radius 2 is 1.90 bits per heavy atom. The summed E-state index contributed by atoms with van der Waals surface area (Å²) in [4.78, 5) is 15.5. The molecule has 1 heterocycles. The van der Waals surface area contributed by atoms with E-state index < -0.39 is 0 Å². The molecule has 98 valence electrons. The van der Waals surface area contributed by atoms with Crippen molar-refractivity contribution in [3.8, 4) is 11.1 Å². The smallest absolute Gasteiger partial charge is 0.252 e. The molecule has 0 fully saturated rings. The minimum Gasteiger partial charge on any atom is -0.322 e. The first-order valence-corrected chi connectivity index (χ1v) is 6.92. The molecule has 2 aromatic carbocycles. The van der Waals surface area contributed by atoms with E-state index in [1.165, 1.54) is 11.1 Å². The number of fused-ring (bicyclic) bond motifs is 5. The van der Waals surface area contributed by atoms with Gasteiger partial charge in [-0.25, -0.2) is 0 Å². The van der Waals surface area contributed by atoms with Crippen molar-refractivity contribution >= 4 is 10.9 Å². The molecule has 0 saturated heterocycles. The zero-order valence-corrected chi connectivity index (χ0v) is 11.5. The molecule has 4 rings (SSSR count). The van der Waals surface area contributed by atoms with Gasteiger partial charge in [0.05, 0.1) is 0 Å². The third-order valence-electron chi connectivity index (χ3n) is 4.34. The number of nitrogens with one attached hydrogen (secondary N) is 1. The van der Waals surface area contributed by atoms with Crippen LogP contribution in [0.25, 0.3) is 22.0 Å². The highest BCUT2D eigenvalue weighted by molar-refractivity contribution is 5.99. The molecule has 2 nitrogen and oxygen atoms in total. The van der Waals surface area contributed by atoms with E-state index in [2.05, 4.69) is 36.2 Å². The van der Waals surface area contributed by atoms with Gasteiger partial charge in [0, 0.05) is 27.9 Å². The van der Waals surface area contributed by atoms with Crippen LogP contribution in [0.15, 0.2) is 47.3 Å². The summed E-state index contributed by atoms with van der Waals surface area (Å²) in [5.74, 6) is 0.163. The molecule has 1 aromatic heterocycles. The molecule has 0 bridgehead atoms. The summed E-state index contributed by atoms with van der Waals surface area (Å²) in [6.07, 6.45) is 0. The number of aromatic nitrogens is 1. The van der Waals surface area contributed by atoms with Crippen molar-refractivity contribution in [1.29, 1.82) is 0 Å². The second-order valence-corrected chi connectivity index (χ2v) is 5.60. The normalized spacial score (nSPS) is 16.2. The predicted octanol–water partition coefficient (Wildman–Crippen LogP) is 3.97. The van der Waals surface area contributed by atoms with Crippen molar-refractivity contribution in [3.63, 3.8) is 0 Å². The molecule has 0 radical (unpaired) electrons. The molecule has 20 heavy (non-hydrogen) atoms. The second kappa shape index (κ2) is 3.83. The van der Waals surface area contributed by atoms with Crippen molar-refractivity contribution < 1.29 is 0 Å². The lowest BCUT2D eigenvalue weighted by Crippen LogP contribution is -2.13. The highest BCUT2D eigenvalue weighted by atomic mass is 16.1. The Hall–Kier alpha value is -2.35. The fourth-order valence-electron chi connectivity index (χ4n) is 3.39. The lowest BCUT2D eigenvalue weighted by molar-refractivity contribution is 0.933. The van der Waals surface area contributed by atoms with Gasteiger partial charge in [-0.3, -0.25) is 4.79 Å². The number of hydrogen-bond acceptors (Lipinski definition) is 1. The lowest BCUT2D eigenvalue weighted by atomic mass is 9.99. The lowest BCUT2D eigenvalue weighted by Gasteiger charge is -2.08. The van der Waals surface area contributed by atoms with E-state index in [-0.39, 0.29) is 11.5 Å². The fourth-order valence-corrected chi connectivity index (χ4v) is 3.39. The Labute approximate surface area is 117 Å². The summed E-state index contributed by atoms with van der Waals surface area (Å²) >= 11 is 0. The van der Waals surface area contributed by atoms with Crippen LogP contribution in [0.1, 0.15) is 29.5 Å². The molecular weight excluding hydrogens is 246 g/mol. The Kier molecular flexibility index (Phi) is 2.19. The Balaban J connectivity index is 2.23. The summed E-state index contributed by atoms with van der Waals surface area (Å²) in [6.45, 7) is 4.15. The van der Waals surface area contributed by atoms with Crippen molar-refractivity contribution in [3.05, 3.63) is 69.5 Å². The van der Waals surface area contributed by atoms with Crippen molar-refractivity contribution in [2.75, 3.05) is 0 Å². The number of aromatic amines is 1. The Morgan fingerprint density at radius 1 is 1.10 bits per heavy atom. The molecule has 1 aliphatic carbocycles. The number of benzene rings is 2. The Bertz CT molecular complexity index is 905. The molecule has 2 heteroatoms. The van der Waals surface area contributed by atoms with E-state index in [1.54, 1.807) is 0 Å². The average Bonchev–Trinajstić information content (AvgIpc) is 2.74. The molecule has 1 aliphatic rings. The third-order valence-corrected chi connectivity index (χ3v) is 4.34. The van der Waals surface area contributed by atoms with Gasteiger partial charge in [-0.2, -0.15) is 0 Å². The molecule has 1 atom stereocenters. The summed E-state index contributed by atoms with van der Waals surface area (Å²) in [7, 11) is 0. The van der Waals surface area contributed by atoms with Crippen LogP contribution in [0.5, 0.6) is 0 Å². The van der Waals surface area contributed by atoms with Gasteiger partial charge in [-0.1, -0.05) is 43.3 Å². The molecule has 0 aliphatic heterocycles. The first-order chi connectivity index (χ1) is 9.66.